The van der Waals surface area contributed by atoms with E-state index in [4.69, 9.17) is 16.3 Å². The van der Waals surface area contributed by atoms with Crippen LogP contribution in [-0.4, -0.2) is 44.6 Å². The largest absolute Gasteiger partial charge is 0.496 e. The molecule has 0 radical (unpaired) electrons. The first-order valence-electron chi connectivity index (χ1n) is 6.93. The average Bonchev–Trinajstić information content (AvgIpc) is 2.47. The summed E-state index contributed by atoms with van der Waals surface area (Å²) in [6.45, 7) is 2.60. The quantitative estimate of drug-likeness (QED) is 0.921. The molecule has 1 aromatic carbocycles. The number of likely N-dealkylation sites (tertiary alicyclic amines) is 1. The summed E-state index contributed by atoms with van der Waals surface area (Å²) in [6.07, 6.45) is 2.07. The number of amides is 1. The van der Waals surface area contributed by atoms with E-state index in [9.17, 15) is 4.79 Å². The fraction of sp³-hybridized carbons (Fsp3) is 0.533. The van der Waals surface area contributed by atoms with Crippen molar-refractivity contribution in [1.82, 2.24) is 10.2 Å². The van der Waals surface area contributed by atoms with E-state index < -0.39 is 0 Å². The van der Waals surface area contributed by atoms with Crippen molar-refractivity contribution in [1.29, 1.82) is 0 Å². The van der Waals surface area contributed by atoms with Gasteiger partial charge >= 0.3 is 0 Å². The molecule has 4 nitrogen and oxygen atoms in total. The summed E-state index contributed by atoms with van der Waals surface area (Å²) in [7, 11) is 3.54. The van der Waals surface area contributed by atoms with Gasteiger partial charge < -0.3 is 15.0 Å². The fourth-order valence-corrected chi connectivity index (χ4v) is 2.82. The first-order valence-corrected chi connectivity index (χ1v) is 7.31. The van der Waals surface area contributed by atoms with Crippen molar-refractivity contribution < 1.29 is 9.53 Å². The molecule has 1 heterocycles. The Morgan fingerprint density at radius 2 is 2.10 bits per heavy atom. The number of benzene rings is 1. The van der Waals surface area contributed by atoms with Crippen molar-refractivity contribution in [2.75, 3.05) is 33.8 Å². The number of ether oxygens (including phenoxy) is 1. The minimum atomic E-state index is 0. The Balaban J connectivity index is 0.00000220. The van der Waals surface area contributed by atoms with Crippen LogP contribution >= 0.6 is 24.0 Å². The van der Waals surface area contributed by atoms with Crippen LogP contribution in [0.1, 0.15) is 23.2 Å². The molecule has 0 atom stereocenters. The zero-order valence-corrected chi connectivity index (χ0v) is 14.0. The molecule has 1 aromatic rings. The van der Waals surface area contributed by atoms with Gasteiger partial charge in [0.25, 0.3) is 5.91 Å². The fourth-order valence-electron chi connectivity index (χ4n) is 2.65. The highest BCUT2D eigenvalue weighted by Crippen LogP contribution is 2.26. The molecule has 0 spiro atoms. The lowest BCUT2D eigenvalue weighted by atomic mass is 9.96. The SMILES string of the molecule is CNCC1CCN(C(=O)c2cc(Cl)ccc2OC)CC1.Cl. The number of rotatable bonds is 4. The number of hydrogen-bond donors (Lipinski definition) is 1. The minimum Gasteiger partial charge on any atom is -0.496 e. The second-order valence-corrected chi connectivity index (χ2v) is 5.57. The Labute approximate surface area is 137 Å². The van der Waals surface area contributed by atoms with Crippen LogP contribution < -0.4 is 10.1 Å². The van der Waals surface area contributed by atoms with E-state index in [1.807, 2.05) is 11.9 Å². The maximum Gasteiger partial charge on any atom is 0.257 e. The molecular formula is C15H22Cl2N2O2. The van der Waals surface area contributed by atoms with Crippen LogP contribution in [0, 0.1) is 5.92 Å². The van der Waals surface area contributed by atoms with E-state index in [0.29, 0.717) is 22.3 Å². The van der Waals surface area contributed by atoms with Gasteiger partial charge in [-0.15, -0.1) is 12.4 Å². The molecule has 0 saturated carbocycles. The lowest BCUT2D eigenvalue weighted by molar-refractivity contribution is 0.0687. The molecule has 0 aromatic heterocycles. The Hall–Kier alpha value is -0.970. The molecule has 0 aliphatic carbocycles. The van der Waals surface area contributed by atoms with Crippen molar-refractivity contribution in [3.8, 4) is 5.75 Å². The molecule has 21 heavy (non-hydrogen) atoms. The Kier molecular flexibility index (Phi) is 7.29. The smallest absolute Gasteiger partial charge is 0.257 e. The summed E-state index contributed by atoms with van der Waals surface area (Å²) < 4.78 is 5.26. The van der Waals surface area contributed by atoms with E-state index in [1.165, 1.54) is 0 Å². The van der Waals surface area contributed by atoms with Gasteiger partial charge in [-0.3, -0.25) is 4.79 Å². The van der Waals surface area contributed by atoms with Gasteiger partial charge in [-0.25, -0.2) is 0 Å². The van der Waals surface area contributed by atoms with E-state index in [0.717, 1.165) is 32.5 Å². The van der Waals surface area contributed by atoms with Crippen LogP contribution in [0.25, 0.3) is 0 Å². The van der Waals surface area contributed by atoms with Gasteiger partial charge in [0, 0.05) is 18.1 Å². The number of methoxy groups -OCH3 is 1. The van der Waals surface area contributed by atoms with Gasteiger partial charge in [-0.05, 0) is 50.6 Å². The standard InChI is InChI=1S/C15H21ClN2O2.ClH/c1-17-10-11-5-7-18(8-6-11)15(19)13-9-12(16)3-4-14(13)20-2;/h3-4,9,11,17H,5-8,10H2,1-2H3;1H. The van der Waals surface area contributed by atoms with E-state index in [-0.39, 0.29) is 18.3 Å². The number of carbonyl (C=O) groups is 1. The van der Waals surface area contributed by atoms with E-state index >= 15 is 0 Å². The molecule has 0 bridgehead atoms. The van der Waals surface area contributed by atoms with Gasteiger partial charge in [0.15, 0.2) is 0 Å². The summed E-state index contributed by atoms with van der Waals surface area (Å²) in [6, 6.07) is 5.15. The van der Waals surface area contributed by atoms with Gasteiger partial charge in [-0.2, -0.15) is 0 Å². The molecule has 1 saturated heterocycles. The van der Waals surface area contributed by atoms with Crippen LogP contribution in [-0.2, 0) is 0 Å². The monoisotopic (exact) mass is 332 g/mol. The van der Waals surface area contributed by atoms with Crippen molar-refractivity contribution in [2.45, 2.75) is 12.8 Å². The molecule has 0 unspecified atom stereocenters. The number of hydrogen-bond acceptors (Lipinski definition) is 3. The van der Waals surface area contributed by atoms with E-state index in [2.05, 4.69) is 5.32 Å². The number of carbonyl (C=O) groups excluding carboxylic acids is 1. The highest BCUT2D eigenvalue weighted by atomic mass is 35.5. The summed E-state index contributed by atoms with van der Waals surface area (Å²) in [5.41, 5.74) is 0.548. The number of piperidine rings is 1. The molecular weight excluding hydrogens is 311 g/mol. The van der Waals surface area contributed by atoms with E-state index in [1.54, 1.807) is 25.3 Å². The zero-order chi connectivity index (χ0) is 14.5. The number of nitrogens with one attached hydrogen (secondary N) is 1. The third-order valence-corrected chi connectivity index (χ3v) is 4.02. The van der Waals surface area contributed by atoms with Crippen LogP contribution in [0.2, 0.25) is 5.02 Å². The Morgan fingerprint density at radius 3 is 2.67 bits per heavy atom. The van der Waals surface area contributed by atoms with Crippen LogP contribution in [0.4, 0.5) is 0 Å². The maximum absolute atomic E-state index is 12.6. The molecule has 2 rings (SSSR count). The highest BCUT2D eigenvalue weighted by Gasteiger charge is 2.25. The van der Waals surface area contributed by atoms with Gasteiger partial charge in [0.1, 0.15) is 5.75 Å². The predicted octanol–water partition coefficient (Wildman–Crippen LogP) is 2.84. The third kappa shape index (κ3) is 4.50. The predicted molar refractivity (Wildman–Crippen MR) is 87.8 cm³/mol. The lowest BCUT2D eigenvalue weighted by Gasteiger charge is -2.32. The van der Waals surface area contributed by atoms with Crippen molar-refractivity contribution in [3.05, 3.63) is 28.8 Å². The Bertz CT molecular complexity index is 475. The molecule has 1 aliphatic heterocycles. The third-order valence-electron chi connectivity index (χ3n) is 3.79. The van der Waals surface area contributed by atoms with Crippen molar-refractivity contribution >= 4 is 29.9 Å². The normalized spacial score (nSPS) is 15.5. The molecule has 118 valence electrons. The molecule has 6 heteroatoms. The molecule has 1 amide bonds. The van der Waals surface area contributed by atoms with Crippen molar-refractivity contribution in [3.63, 3.8) is 0 Å². The first-order chi connectivity index (χ1) is 9.65. The second kappa shape index (κ2) is 8.47. The summed E-state index contributed by atoms with van der Waals surface area (Å²) >= 11 is 5.99. The summed E-state index contributed by atoms with van der Waals surface area (Å²) in [5.74, 6) is 1.24. The second-order valence-electron chi connectivity index (χ2n) is 5.14. The molecule has 1 fully saturated rings. The summed E-state index contributed by atoms with van der Waals surface area (Å²) in [4.78, 5) is 14.5. The van der Waals surface area contributed by atoms with Crippen LogP contribution in [0.3, 0.4) is 0 Å². The van der Waals surface area contributed by atoms with Gasteiger partial charge in [0.2, 0.25) is 0 Å². The molecule has 1 aliphatic rings. The molecule has 1 N–H and O–H groups in total. The highest BCUT2D eigenvalue weighted by molar-refractivity contribution is 6.31. The van der Waals surface area contributed by atoms with Gasteiger partial charge in [0.05, 0.1) is 12.7 Å². The van der Waals surface area contributed by atoms with Crippen LogP contribution in [0.15, 0.2) is 18.2 Å². The zero-order valence-electron chi connectivity index (χ0n) is 12.4. The number of halogens is 2. The first kappa shape index (κ1) is 18.1. The van der Waals surface area contributed by atoms with Crippen molar-refractivity contribution in [2.24, 2.45) is 5.92 Å². The Morgan fingerprint density at radius 1 is 1.43 bits per heavy atom. The summed E-state index contributed by atoms with van der Waals surface area (Å²) in [5, 5.41) is 3.75. The average molecular weight is 333 g/mol. The minimum absolute atomic E-state index is 0. The van der Waals surface area contributed by atoms with Gasteiger partial charge in [-0.1, -0.05) is 11.6 Å². The number of nitrogens with zero attached hydrogens (tertiary/aromatic N) is 1. The lowest BCUT2D eigenvalue weighted by Crippen LogP contribution is -2.40. The van der Waals surface area contributed by atoms with Crippen LogP contribution in [0.5, 0.6) is 5.75 Å². The topological polar surface area (TPSA) is 41.6 Å². The maximum atomic E-state index is 12.6.